The Bertz CT molecular complexity index is 837. The van der Waals surface area contributed by atoms with Crippen molar-refractivity contribution in [2.24, 2.45) is 0 Å². The number of hydrogen-bond donors (Lipinski definition) is 1. The lowest BCUT2D eigenvalue weighted by atomic mass is 9.88. The first kappa shape index (κ1) is 16.6. The standard InChI is InChI=1S/C16H10ClF4NO2/c1-24-13-7-9(17)3-5-11(13)15(18)10-4-2-8(16(19,20)21)6-12(10)22-14(15)23/h2-7H,1H3,(H,22,23). The zero-order valence-corrected chi connectivity index (χ0v) is 12.9. The van der Waals surface area contributed by atoms with Crippen LogP contribution in [0.2, 0.25) is 5.02 Å². The van der Waals surface area contributed by atoms with Gasteiger partial charge in [-0.2, -0.15) is 13.2 Å². The van der Waals surface area contributed by atoms with Crippen LogP contribution in [0.25, 0.3) is 0 Å². The number of ether oxygens (including phenoxy) is 1. The van der Waals surface area contributed by atoms with Gasteiger partial charge < -0.3 is 10.1 Å². The lowest BCUT2D eigenvalue weighted by Crippen LogP contribution is -2.31. The van der Waals surface area contributed by atoms with E-state index in [2.05, 4.69) is 5.32 Å². The molecule has 1 atom stereocenters. The molecule has 1 aliphatic rings. The maximum Gasteiger partial charge on any atom is 0.416 e. The molecule has 1 unspecified atom stereocenters. The quantitative estimate of drug-likeness (QED) is 0.800. The average molecular weight is 360 g/mol. The summed E-state index contributed by atoms with van der Waals surface area (Å²) in [7, 11) is 1.28. The van der Waals surface area contributed by atoms with Crippen molar-refractivity contribution in [2.45, 2.75) is 11.8 Å². The third-order valence-electron chi connectivity index (χ3n) is 3.81. The molecule has 0 fully saturated rings. The highest BCUT2D eigenvalue weighted by molar-refractivity contribution is 6.30. The van der Waals surface area contributed by atoms with E-state index in [1.807, 2.05) is 0 Å². The number of anilines is 1. The fourth-order valence-corrected chi connectivity index (χ4v) is 2.83. The summed E-state index contributed by atoms with van der Waals surface area (Å²) in [5, 5.41) is 2.43. The van der Waals surface area contributed by atoms with Gasteiger partial charge in [0.25, 0.3) is 5.91 Å². The highest BCUT2D eigenvalue weighted by Crippen LogP contribution is 2.48. The summed E-state index contributed by atoms with van der Waals surface area (Å²) in [5.74, 6) is -1.06. The number of methoxy groups -OCH3 is 1. The van der Waals surface area contributed by atoms with Gasteiger partial charge in [-0.3, -0.25) is 4.79 Å². The Labute approximate surface area is 139 Å². The third-order valence-corrected chi connectivity index (χ3v) is 4.05. The maximum atomic E-state index is 15.6. The van der Waals surface area contributed by atoms with Crippen LogP contribution in [-0.4, -0.2) is 13.0 Å². The van der Waals surface area contributed by atoms with Crippen LogP contribution < -0.4 is 10.1 Å². The monoisotopic (exact) mass is 359 g/mol. The fourth-order valence-electron chi connectivity index (χ4n) is 2.67. The molecule has 1 N–H and O–H groups in total. The molecular weight excluding hydrogens is 350 g/mol. The Kier molecular flexibility index (Phi) is 3.71. The maximum absolute atomic E-state index is 15.6. The van der Waals surface area contributed by atoms with Crippen molar-refractivity contribution in [1.82, 2.24) is 0 Å². The van der Waals surface area contributed by atoms with Gasteiger partial charge in [-0.15, -0.1) is 0 Å². The van der Waals surface area contributed by atoms with E-state index in [1.165, 1.54) is 25.3 Å². The molecule has 1 aliphatic heterocycles. The summed E-state index contributed by atoms with van der Waals surface area (Å²) in [4.78, 5) is 12.2. The van der Waals surface area contributed by atoms with Crippen molar-refractivity contribution in [1.29, 1.82) is 0 Å². The Morgan fingerprint density at radius 3 is 2.42 bits per heavy atom. The number of nitrogens with one attached hydrogen (secondary N) is 1. The molecule has 8 heteroatoms. The largest absolute Gasteiger partial charge is 0.496 e. The summed E-state index contributed by atoms with van der Waals surface area (Å²) < 4.78 is 59.1. The molecule has 0 aliphatic carbocycles. The highest BCUT2D eigenvalue weighted by atomic mass is 35.5. The van der Waals surface area contributed by atoms with Crippen LogP contribution in [0.3, 0.4) is 0 Å². The molecule has 0 saturated heterocycles. The molecule has 0 bridgehead atoms. The number of carbonyl (C=O) groups excluding carboxylic acids is 1. The molecule has 1 heterocycles. The van der Waals surface area contributed by atoms with Crippen molar-refractivity contribution < 1.29 is 27.1 Å². The normalized spacial score (nSPS) is 19.8. The first-order chi connectivity index (χ1) is 11.2. The summed E-state index contributed by atoms with van der Waals surface area (Å²) in [6, 6.07) is 6.36. The molecule has 0 aromatic heterocycles. The van der Waals surface area contributed by atoms with Gasteiger partial charge in [-0.1, -0.05) is 17.7 Å². The highest BCUT2D eigenvalue weighted by Gasteiger charge is 2.51. The molecule has 24 heavy (non-hydrogen) atoms. The zero-order chi connectivity index (χ0) is 17.7. The van der Waals surface area contributed by atoms with Crippen molar-refractivity contribution in [3.63, 3.8) is 0 Å². The summed E-state index contributed by atoms with van der Waals surface area (Å²) in [5.41, 5.74) is -4.22. The SMILES string of the molecule is COc1cc(Cl)ccc1C1(F)C(=O)Nc2cc(C(F)(F)F)ccc21. The third kappa shape index (κ3) is 2.39. The molecule has 1 amide bonds. The van der Waals surface area contributed by atoms with Crippen molar-refractivity contribution in [3.05, 3.63) is 58.1 Å². The number of benzene rings is 2. The van der Waals surface area contributed by atoms with E-state index in [4.69, 9.17) is 16.3 Å². The topological polar surface area (TPSA) is 38.3 Å². The minimum Gasteiger partial charge on any atom is -0.496 e. The number of fused-ring (bicyclic) bond motifs is 1. The number of amides is 1. The molecule has 126 valence electrons. The van der Waals surface area contributed by atoms with Gasteiger partial charge in [-0.05, 0) is 30.3 Å². The lowest BCUT2D eigenvalue weighted by Gasteiger charge is -2.21. The second kappa shape index (κ2) is 5.37. The summed E-state index contributed by atoms with van der Waals surface area (Å²) in [6.07, 6.45) is -4.60. The van der Waals surface area contributed by atoms with Gasteiger partial charge in [-0.25, -0.2) is 4.39 Å². The molecule has 2 aromatic carbocycles. The van der Waals surface area contributed by atoms with Gasteiger partial charge in [0.2, 0.25) is 5.67 Å². The molecule has 3 rings (SSSR count). The summed E-state index contributed by atoms with van der Waals surface area (Å²) in [6.45, 7) is 0. The van der Waals surface area contributed by atoms with Crippen LogP contribution in [-0.2, 0) is 16.6 Å². The molecule has 0 saturated carbocycles. The lowest BCUT2D eigenvalue weighted by molar-refractivity contribution is -0.137. The number of hydrogen-bond acceptors (Lipinski definition) is 2. The Morgan fingerprint density at radius 2 is 1.79 bits per heavy atom. The van der Waals surface area contributed by atoms with Gasteiger partial charge >= 0.3 is 6.18 Å². The van der Waals surface area contributed by atoms with E-state index in [-0.39, 0.29) is 27.6 Å². The van der Waals surface area contributed by atoms with Crippen LogP contribution in [0, 0.1) is 0 Å². The first-order valence-corrected chi connectivity index (χ1v) is 7.12. The van der Waals surface area contributed by atoms with Crippen LogP contribution >= 0.6 is 11.6 Å². The number of carbonyl (C=O) groups is 1. The van der Waals surface area contributed by atoms with Crippen LogP contribution in [0.15, 0.2) is 36.4 Å². The van der Waals surface area contributed by atoms with Crippen molar-refractivity contribution in [2.75, 3.05) is 12.4 Å². The van der Waals surface area contributed by atoms with Gasteiger partial charge in [0.15, 0.2) is 0 Å². The summed E-state index contributed by atoms with van der Waals surface area (Å²) >= 11 is 5.83. The van der Waals surface area contributed by atoms with E-state index in [1.54, 1.807) is 0 Å². The van der Waals surface area contributed by atoms with Crippen molar-refractivity contribution >= 4 is 23.2 Å². The van der Waals surface area contributed by atoms with E-state index < -0.39 is 23.3 Å². The smallest absolute Gasteiger partial charge is 0.416 e. The van der Waals surface area contributed by atoms with Gasteiger partial charge in [0.05, 0.1) is 12.7 Å². The van der Waals surface area contributed by atoms with Crippen molar-refractivity contribution in [3.8, 4) is 5.75 Å². The van der Waals surface area contributed by atoms with E-state index in [0.29, 0.717) is 6.07 Å². The molecular formula is C16H10ClF4NO2. The minimum atomic E-state index is -4.60. The van der Waals surface area contributed by atoms with Gasteiger partial charge in [0, 0.05) is 21.8 Å². The second-order valence-corrected chi connectivity index (χ2v) is 5.65. The Morgan fingerprint density at radius 1 is 1.12 bits per heavy atom. The van der Waals surface area contributed by atoms with Crippen LogP contribution in [0.5, 0.6) is 5.75 Å². The zero-order valence-electron chi connectivity index (χ0n) is 12.2. The van der Waals surface area contributed by atoms with Crippen LogP contribution in [0.4, 0.5) is 23.2 Å². The van der Waals surface area contributed by atoms with E-state index >= 15 is 4.39 Å². The van der Waals surface area contributed by atoms with Crippen LogP contribution in [0.1, 0.15) is 16.7 Å². The Balaban J connectivity index is 2.19. The number of rotatable bonds is 2. The van der Waals surface area contributed by atoms with E-state index in [0.717, 1.165) is 12.1 Å². The van der Waals surface area contributed by atoms with E-state index in [9.17, 15) is 18.0 Å². The Hall–Kier alpha value is -2.28. The molecule has 3 nitrogen and oxygen atoms in total. The minimum absolute atomic E-state index is 0.0212. The molecule has 0 radical (unpaired) electrons. The number of halogens is 5. The molecule has 0 spiro atoms. The second-order valence-electron chi connectivity index (χ2n) is 5.22. The van der Waals surface area contributed by atoms with Gasteiger partial charge in [0.1, 0.15) is 5.75 Å². The number of alkyl halides is 4. The average Bonchev–Trinajstić information content (AvgIpc) is 2.77. The molecule has 2 aromatic rings. The predicted octanol–water partition coefficient (Wildman–Crippen LogP) is 4.53. The first-order valence-electron chi connectivity index (χ1n) is 6.74. The predicted molar refractivity (Wildman–Crippen MR) is 80.0 cm³/mol. The fraction of sp³-hybridized carbons (Fsp3) is 0.188.